The van der Waals surface area contributed by atoms with Crippen LogP contribution in [-0.2, 0) is 6.42 Å². The molecule has 0 spiro atoms. The Labute approximate surface area is 108 Å². The summed E-state index contributed by atoms with van der Waals surface area (Å²) in [5.74, 6) is 0. The molecular weight excluding hydrogens is 220 g/mol. The first-order valence-electron chi connectivity index (χ1n) is 6.89. The first kappa shape index (κ1) is 11.4. The Hall–Kier alpha value is -1.70. The van der Waals surface area contributed by atoms with Gasteiger partial charge in [-0.15, -0.1) is 0 Å². The van der Waals surface area contributed by atoms with Crippen molar-refractivity contribution in [1.29, 1.82) is 0 Å². The number of aromatic amines is 1. The fraction of sp³-hybridized carbons (Fsp3) is 0.375. The van der Waals surface area contributed by atoms with E-state index in [9.17, 15) is 0 Å². The molecule has 0 bridgehead atoms. The summed E-state index contributed by atoms with van der Waals surface area (Å²) in [4.78, 5) is 5.90. The van der Waals surface area contributed by atoms with E-state index >= 15 is 0 Å². The predicted octanol–water partition coefficient (Wildman–Crippen LogP) is 3.71. The Balaban J connectivity index is 1.63. The lowest BCUT2D eigenvalue weighted by molar-refractivity contribution is 0.309. The monoisotopic (exact) mass is 240 g/mol. The zero-order valence-electron chi connectivity index (χ0n) is 10.7. The number of fused-ring (bicyclic) bond motifs is 1. The van der Waals surface area contributed by atoms with E-state index in [1.165, 1.54) is 48.9 Å². The minimum atomic E-state index is 0.991. The van der Waals surface area contributed by atoms with Gasteiger partial charge in [-0.3, -0.25) is 0 Å². The van der Waals surface area contributed by atoms with Crippen LogP contribution in [0.15, 0.2) is 42.6 Å². The quantitative estimate of drug-likeness (QED) is 0.866. The minimum absolute atomic E-state index is 0.991. The number of rotatable bonds is 3. The molecule has 2 heteroatoms. The van der Waals surface area contributed by atoms with Crippen LogP contribution in [0.4, 0.5) is 0 Å². The summed E-state index contributed by atoms with van der Waals surface area (Å²) in [6, 6.07) is 10.7. The highest BCUT2D eigenvalue weighted by Gasteiger charge is 2.04. The largest absolute Gasteiger partial charge is 0.378 e. The maximum atomic E-state index is 3.46. The zero-order valence-corrected chi connectivity index (χ0v) is 10.7. The van der Waals surface area contributed by atoms with Crippen molar-refractivity contribution >= 4 is 10.9 Å². The molecule has 0 aliphatic carbocycles. The highest BCUT2D eigenvalue weighted by Crippen LogP contribution is 2.15. The van der Waals surface area contributed by atoms with Crippen molar-refractivity contribution in [2.45, 2.75) is 25.7 Å². The number of aromatic nitrogens is 1. The second-order valence-corrected chi connectivity index (χ2v) is 5.07. The van der Waals surface area contributed by atoms with Gasteiger partial charge in [0.2, 0.25) is 0 Å². The molecule has 0 unspecified atom stereocenters. The van der Waals surface area contributed by atoms with Gasteiger partial charge in [0, 0.05) is 30.7 Å². The molecule has 18 heavy (non-hydrogen) atoms. The van der Waals surface area contributed by atoms with Gasteiger partial charge in [-0.1, -0.05) is 24.3 Å². The molecule has 1 fully saturated rings. The average Bonchev–Trinajstić information content (AvgIpc) is 2.82. The van der Waals surface area contributed by atoms with Gasteiger partial charge >= 0.3 is 0 Å². The number of hydrogen-bond donors (Lipinski definition) is 1. The molecule has 3 rings (SSSR count). The molecule has 2 heterocycles. The molecule has 1 N–H and O–H groups in total. The van der Waals surface area contributed by atoms with E-state index in [4.69, 9.17) is 0 Å². The molecule has 1 aliphatic heterocycles. The number of benzene rings is 1. The number of para-hydroxylation sites is 1. The molecule has 0 amide bonds. The summed E-state index contributed by atoms with van der Waals surface area (Å²) >= 11 is 0. The van der Waals surface area contributed by atoms with Gasteiger partial charge in [-0.2, -0.15) is 0 Å². The van der Waals surface area contributed by atoms with Crippen LogP contribution in [0.5, 0.6) is 0 Å². The third kappa shape index (κ3) is 2.58. The van der Waals surface area contributed by atoms with Crippen molar-refractivity contribution in [2.75, 3.05) is 13.1 Å². The van der Waals surface area contributed by atoms with Crippen molar-refractivity contribution in [1.82, 2.24) is 9.88 Å². The molecule has 2 aromatic rings. The van der Waals surface area contributed by atoms with Gasteiger partial charge in [0.25, 0.3) is 0 Å². The van der Waals surface area contributed by atoms with Crippen LogP contribution >= 0.6 is 0 Å². The Kier molecular flexibility index (Phi) is 3.35. The molecule has 1 aromatic carbocycles. The van der Waals surface area contributed by atoms with Crippen LogP contribution in [0.2, 0.25) is 0 Å². The smallest absolute Gasteiger partial charge is 0.0456 e. The summed E-state index contributed by atoms with van der Waals surface area (Å²) in [5, 5.41) is 1.30. The molecule has 1 saturated heterocycles. The summed E-state index contributed by atoms with van der Waals surface area (Å²) in [5.41, 5.74) is 2.53. The van der Waals surface area contributed by atoms with E-state index in [0.29, 0.717) is 0 Å². The second-order valence-electron chi connectivity index (χ2n) is 5.07. The summed E-state index contributed by atoms with van der Waals surface area (Å²) in [6.45, 7) is 2.45. The number of hydrogen-bond acceptors (Lipinski definition) is 1. The minimum Gasteiger partial charge on any atom is -0.378 e. The summed E-state index contributed by atoms with van der Waals surface area (Å²) in [7, 11) is 0. The standard InChI is InChI=1S/C16H20N2/c1-4-10-18(11-5-1)12-6-8-15-13-14-7-2-3-9-16(14)17-15/h2-3,6-7,9,12-13,17H,1,4-5,8,10-11H2. The Morgan fingerprint density at radius 3 is 2.78 bits per heavy atom. The van der Waals surface area contributed by atoms with E-state index in [0.717, 1.165) is 6.42 Å². The first-order chi connectivity index (χ1) is 8.92. The normalized spacial score (nSPS) is 16.8. The highest BCUT2D eigenvalue weighted by atomic mass is 15.1. The van der Waals surface area contributed by atoms with E-state index in [-0.39, 0.29) is 0 Å². The van der Waals surface area contributed by atoms with Crippen LogP contribution in [-0.4, -0.2) is 23.0 Å². The van der Waals surface area contributed by atoms with E-state index in [1.807, 2.05) is 0 Å². The third-order valence-corrected chi connectivity index (χ3v) is 3.63. The molecule has 0 saturated carbocycles. The van der Waals surface area contributed by atoms with Crippen molar-refractivity contribution < 1.29 is 0 Å². The third-order valence-electron chi connectivity index (χ3n) is 3.63. The molecule has 2 nitrogen and oxygen atoms in total. The molecule has 1 aromatic heterocycles. The van der Waals surface area contributed by atoms with E-state index in [1.54, 1.807) is 0 Å². The van der Waals surface area contributed by atoms with Gasteiger partial charge in [0.1, 0.15) is 0 Å². The van der Waals surface area contributed by atoms with Crippen LogP contribution in [0.1, 0.15) is 25.0 Å². The molecule has 0 radical (unpaired) electrons. The number of likely N-dealkylation sites (tertiary alicyclic amines) is 1. The zero-order chi connectivity index (χ0) is 12.2. The van der Waals surface area contributed by atoms with Gasteiger partial charge in [0.05, 0.1) is 0 Å². The number of H-pyrrole nitrogens is 1. The van der Waals surface area contributed by atoms with Crippen LogP contribution in [0.3, 0.4) is 0 Å². The molecule has 0 atom stereocenters. The van der Waals surface area contributed by atoms with Crippen LogP contribution in [0.25, 0.3) is 10.9 Å². The lowest BCUT2D eigenvalue weighted by atomic mass is 10.1. The second kappa shape index (κ2) is 5.30. The van der Waals surface area contributed by atoms with Gasteiger partial charge in [0.15, 0.2) is 0 Å². The Morgan fingerprint density at radius 1 is 1.11 bits per heavy atom. The Bertz CT molecular complexity index is 500. The van der Waals surface area contributed by atoms with Crippen LogP contribution < -0.4 is 0 Å². The summed E-state index contributed by atoms with van der Waals surface area (Å²) in [6.07, 6.45) is 9.62. The number of piperidine rings is 1. The predicted molar refractivity (Wildman–Crippen MR) is 76.6 cm³/mol. The number of allylic oxidation sites excluding steroid dienone is 1. The van der Waals surface area contributed by atoms with Crippen molar-refractivity contribution in [3.8, 4) is 0 Å². The first-order valence-corrected chi connectivity index (χ1v) is 6.89. The van der Waals surface area contributed by atoms with Gasteiger partial charge < -0.3 is 9.88 Å². The van der Waals surface area contributed by atoms with E-state index < -0.39 is 0 Å². The highest BCUT2D eigenvalue weighted by molar-refractivity contribution is 5.80. The van der Waals surface area contributed by atoms with Gasteiger partial charge in [-0.25, -0.2) is 0 Å². The maximum Gasteiger partial charge on any atom is 0.0456 e. The lowest BCUT2D eigenvalue weighted by Crippen LogP contribution is -2.24. The maximum absolute atomic E-state index is 3.46. The average molecular weight is 240 g/mol. The fourth-order valence-electron chi connectivity index (χ4n) is 2.64. The molecular formula is C16H20N2. The summed E-state index contributed by atoms with van der Waals surface area (Å²) < 4.78 is 0. The van der Waals surface area contributed by atoms with Gasteiger partial charge in [-0.05, 0) is 43.0 Å². The SMILES string of the molecule is C(=CN1CCCCC1)Cc1cc2ccccc2[nH]1. The fourth-order valence-corrected chi connectivity index (χ4v) is 2.64. The van der Waals surface area contributed by atoms with Crippen LogP contribution in [0, 0.1) is 0 Å². The van der Waals surface area contributed by atoms with Crippen molar-refractivity contribution in [2.24, 2.45) is 0 Å². The van der Waals surface area contributed by atoms with E-state index in [2.05, 4.69) is 52.5 Å². The Morgan fingerprint density at radius 2 is 1.94 bits per heavy atom. The van der Waals surface area contributed by atoms with Crippen molar-refractivity contribution in [3.05, 3.63) is 48.3 Å². The lowest BCUT2D eigenvalue weighted by Gasteiger charge is -2.24. The topological polar surface area (TPSA) is 19.0 Å². The number of nitrogens with zero attached hydrogens (tertiary/aromatic N) is 1. The number of nitrogens with one attached hydrogen (secondary N) is 1. The molecule has 1 aliphatic rings. The van der Waals surface area contributed by atoms with Crippen molar-refractivity contribution in [3.63, 3.8) is 0 Å². The molecule has 94 valence electrons.